The van der Waals surface area contributed by atoms with E-state index in [1.165, 1.54) is 23.9 Å². The summed E-state index contributed by atoms with van der Waals surface area (Å²) in [5, 5.41) is 12.1. The molecule has 0 bridgehead atoms. The van der Waals surface area contributed by atoms with Gasteiger partial charge in [-0.1, -0.05) is 30.0 Å². The van der Waals surface area contributed by atoms with E-state index in [9.17, 15) is 9.18 Å². The van der Waals surface area contributed by atoms with Crippen molar-refractivity contribution in [3.05, 3.63) is 90.5 Å². The molecule has 3 aromatic carbocycles. The summed E-state index contributed by atoms with van der Waals surface area (Å²) in [5.41, 5.74) is 1.52. The Morgan fingerprint density at radius 1 is 1.00 bits per heavy atom. The summed E-state index contributed by atoms with van der Waals surface area (Å²) in [6.07, 6.45) is -0.472. The quantitative estimate of drug-likeness (QED) is 0.330. The third-order valence-electron chi connectivity index (χ3n) is 4.87. The highest BCUT2D eigenvalue weighted by atomic mass is 32.2. The van der Waals surface area contributed by atoms with E-state index in [4.69, 9.17) is 9.47 Å². The molecule has 0 aliphatic carbocycles. The highest BCUT2D eigenvalue weighted by Gasteiger charge is 2.21. The first kappa shape index (κ1) is 23.3. The predicted octanol–water partition coefficient (Wildman–Crippen LogP) is 5.29. The zero-order chi connectivity index (χ0) is 23.9. The minimum atomic E-state index is -0.472. The van der Waals surface area contributed by atoms with Crippen molar-refractivity contribution in [1.29, 1.82) is 0 Å². The highest BCUT2D eigenvalue weighted by molar-refractivity contribution is 7.99. The summed E-state index contributed by atoms with van der Waals surface area (Å²) in [4.78, 5) is 12.5. The van der Waals surface area contributed by atoms with Gasteiger partial charge in [-0.05, 0) is 67.6 Å². The first-order valence-electron chi connectivity index (χ1n) is 10.5. The van der Waals surface area contributed by atoms with Crippen LogP contribution >= 0.6 is 11.8 Å². The summed E-state index contributed by atoms with van der Waals surface area (Å²) in [6.45, 7) is 1.84. The van der Waals surface area contributed by atoms with Gasteiger partial charge in [-0.2, -0.15) is 0 Å². The van der Waals surface area contributed by atoms with E-state index in [0.717, 1.165) is 5.69 Å². The van der Waals surface area contributed by atoms with Gasteiger partial charge in [0.05, 0.1) is 12.9 Å². The van der Waals surface area contributed by atoms with Crippen LogP contribution in [0.15, 0.2) is 84.0 Å². The molecule has 0 saturated carbocycles. The molecule has 4 aromatic rings. The van der Waals surface area contributed by atoms with Gasteiger partial charge in [0, 0.05) is 11.4 Å². The van der Waals surface area contributed by atoms with Crippen molar-refractivity contribution in [2.75, 3.05) is 18.2 Å². The van der Waals surface area contributed by atoms with Crippen LogP contribution in [-0.2, 0) is 4.79 Å². The Labute approximate surface area is 200 Å². The maximum Gasteiger partial charge on any atom is 0.234 e. The normalized spacial score (nSPS) is 11.6. The molecular formula is C25H23FN4O3S. The number of carbonyl (C=O) groups is 1. The summed E-state index contributed by atoms with van der Waals surface area (Å²) in [5.74, 6) is 1.43. The number of nitrogens with zero attached hydrogens (tertiary/aromatic N) is 3. The average molecular weight is 479 g/mol. The maximum atomic E-state index is 13.2. The van der Waals surface area contributed by atoms with Crippen molar-refractivity contribution in [3.8, 4) is 17.2 Å². The lowest BCUT2D eigenvalue weighted by molar-refractivity contribution is -0.113. The zero-order valence-electron chi connectivity index (χ0n) is 18.6. The minimum Gasteiger partial charge on any atom is -0.497 e. The van der Waals surface area contributed by atoms with Gasteiger partial charge in [-0.15, -0.1) is 10.2 Å². The Hall–Kier alpha value is -3.85. The van der Waals surface area contributed by atoms with Crippen LogP contribution in [-0.4, -0.2) is 33.5 Å². The van der Waals surface area contributed by atoms with Crippen LogP contribution in [0.5, 0.6) is 11.5 Å². The SMILES string of the molecule is COc1ccc(NC(=O)CSc2nnc(C(C)Oc3ccc(F)cc3)n2-c2ccccc2)cc1. The molecule has 0 saturated heterocycles. The van der Waals surface area contributed by atoms with Crippen LogP contribution in [0, 0.1) is 5.82 Å². The standard InChI is InChI=1S/C25H23FN4O3S/c1-17(33-22-12-8-18(26)9-13-22)24-28-29-25(30(24)20-6-4-3-5-7-20)34-16-23(31)27-19-10-14-21(32-2)15-11-19/h3-15,17H,16H2,1-2H3,(H,27,31). The van der Waals surface area contributed by atoms with Crippen LogP contribution in [0.2, 0.25) is 0 Å². The third kappa shape index (κ3) is 5.74. The monoisotopic (exact) mass is 478 g/mol. The molecule has 7 nitrogen and oxygen atoms in total. The van der Waals surface area contributed by atoms with Crippen molar-refractivity contribution in [1.82, 2.24) is 14.8 Å². The number of nitrogens with one attached hydrogen (secondary N) is 1. The number of aromatic nitrogens is 3. The predicted molar refractivity (Wildman–Crippen MR) is 129 cm³/mol. The van der Waals surface area contributed by atoms with E-state index in [1.807, 2.05) is 41.8 Å². The van der Waals surface area contributed by atoms with Crippen LogP contribution < -0.4 is 14.8 Å². The van der Waals surface area contributed by atoms with E-state index in [2.05, 4.69) is 15.5 Å². The molecule has 0 radical (unpaired) electrons. The minimum absolute atomic E-state index is 0.143. The number of rotatable bonds is 9. The Kier molecular flexibility index (Phi) is 7.44. The number of para-hydroxylation sites is 1. The van der Waals surface area contributed by atoms with E-state index in [0.29, 0.717) is 28.2 Å². The molecule has 9 heteroatoms. The second kappa shape index (κ2) is 10.8. The Balaban J connectivity index is 1.50. The highest BCUT2D eigenvalue weighted by Crippen LogP contribution is 2.28. The second-order valence-corrected chi connectivity index (χ2v) is 8.23. The number of halogens is 1. The van der Waals surface area contributed by atoms with Crippen LogP contribution in [0.3, 0.4) is 0 Å². The molecule has 1 aromatic heterocycles. The van der Waals surface area contributed by atoms with Crippen LogP contribution in [0.1, 0.15) is 18.9 Å². The van der Waals surface area contributed by atoms with Crippen molar-refractivity contribution in [3.63, 3.8) is 0 Å². The largest absolute Gasteiger partial charge is 0.497 e. The molecule has 1 heterocycles. The lowest BCUT2D eigenvalue weighted by atomic mass is 10.3. The molecule has 34 heavy (non-hydrogen) atoms. The number of hydrogen-bond donors (Lipinski definition) is 1. The van der Waals surface area contributed by atoms with E-state index < -0.39 is 6.10 Å². The van der Waals surface area contributed by atoms with Gasteiger partial charge in [0.15, 0.2) is 17.1 Å². The van der Waals surface area contributed by atoms with Gasteiger partial charge in [-0.3, -0.25) is 9.36 Å². The summed E-state index contributed by atoms with van der Waals surface area (Å²) in [6, 6.07) is 22.5. The van der Waals surface area contributed by atoms with Gasteiger partial charge in [0.2, 0.25) is 5.91 Å². The van der Waals surface area contributed by atoms with Gasteiger partial charge in [0.1, 0.15) is 17.3 Å². The summed E-state index contributed by atoms with van der Waals surface area (Å²) < 4.78 is 26.2. The number of benzene rings is 3. The van der Waals surface area contributed by atoms with Crippen molar-refractivity contribution in [2.24, 2.45) is 0 Å². The van der Waals surface area contributed by atoms with Gasteiger partial charge >= 0.3 is 0 Å². The summed E-state index contributed by atoms with van der Waals surface area (Å²) in [7, 11) is 1.59. The fraction of sp³-hybridized carbons (Fsp3) is 0.160. The number of thioether (sulfide) groups is 1. The van der Waals surface area contributed by atoms with Gasteiger partial charge in [-0.25, -0.2) is 4.39 Å². The molecule has 1 amide bonds. The molecular weight excluding hydrogens is 455 g/mol. The number of ether oxygens (including phenoxy) is 2. The number of anilines is 1. The smallest absolute Gasteiger partial charge is 0.234 e. The van der Waals surface area contributed by atoms with Gasteiger partial charge in [0.25, 0.3) is 0 Å². The molecule has 4 rings (SSSR count). The maximum absolute atomic E-state index is 13.2. The fourth-order valence-corrected chi connectivity index (χ4v) is 3.99. The van der Waals surface area contributed by atoms with E-state index in [-0.39, 0.29) is 17.5 Å². The van der Waals surface area contributed by atoms with Gasteiger partial charge < -0.3 is 14.8 Å². The molecule has 174 valence electrons. The molecule has 1 unspecified atom stereocenters. The van der Waals surface area contributed by atoms with Crippen LogP contribution in [0.4, 0.5) is 10.1 Å². The number of amides is 1. The molecule has 1 N–H and O–H groups in total. The topological polar surface area (TPSA) is 78.3 Å². The van der Waals surface area contributed by atoms with E-state index in [1.54, 1.807) is 43.5 Å². The van der Waals surface area contributed by atoms with Crippen LogP contribution in [0.25, 0.3) is 5.69 Å². The van der Waals surface area contributed by atoms with Crippen molar-refractivity contribution in [2.45, 2.75) is 18.2 Å². The first-order chi connectivity index (χ1) is 16.5. The fourth-order valence-electron chi connectivity index (χ4n) is 3.23. The average Bonchev–Trinajstić information content (AvgIpc) is 3.29. The molecule has 0 aliphatic heterocycles. The second-order valence-electron chi connectivity index (χ2n) is 7.29. The van der Waals surface area contributed by atoms with Crippen molar-refractivity contribution >= 4 is 23.4 Å². The Morgan fingerprint density at radius 3 is 2.35 bits per heavy atom. The number of hydrogen-bond acceptors (Lipinski definition) is 6. The molecule has 0 aliphatic rings. The Bertz CT molecular complexity index is 1230. The number of carbonyl (C=O) groups excluding carboxylic acids is 1. The zero-order valence-corrected chi connectivity index (χ0v) is 19.5. The van der Waals surface area contributed by atoms with Crippen molar-refractivity contribution < 1.29 is 18.7 Å². The molecule has 0 fully saturated rings. The summed E-state index contributed by atoms with van der Waals surface area (Å²) >= 11 is 1.27. The lowest BCUT2D eigenvalue weighted by Crippen LogP contribution is -2.15. The third-order valence-corrected chi connectivity index (χ3v) is 5.80. The lowest BCUT2D eigenvalue weighted by Gasteiger charge is -2.16. The molecule has 1 atom stereocenters. The first-order valence-corrected chi connectivity index (χ1v) is 11.5. The Morgan fingerprint density at radius 2 is 1.68 bits per heavy atom. The molecule has 0 spiro atoms. The van der Waals surface area contributed by atoms with E-state index >= 15 is 0 Å². The number of methoxy groups -OCH3 is 1.